The molecular formula is C21H28ClN7. The predicted molar refractivity (Wildman–Crippen MR) is 120 cm³/mol. The number of halogens is 1. The Hall–Kier alpha value is -2.51. The molecule has 0 aliphatic rings. The number of anilines is 2. The van der Waals surface area contributed by atoms with Gasteiger partial charge in [-0.25, -0.2) is 9.97 Å². The van der Waals surface area contributed by atoms with E-state index in [1.54, 1.807) is 6.20 Å². The molecule has 1 atom stereocenters. The van der Waals surface area contributed by atoms with Crippen molar-refractivity contribution in [3.8, 4) is 11.3 Å². The van der Waals surface area contributed by atoms with Crippen molar-refractivity contribution in [3.63, 3.8) is 0 Å². The first-order valence-corrected chi connectivity index (χ1v) is 10.4. The molecule has 29 heavy (non-hydrogen) atoms. The fourth-order valence-electron chi connectivity index (χ4n) is 3.25. The number of fused-ring (bicyclic) bond motifs is 1. The monoisotopic (exact) mass is 413 g/mol. The molecule has 0 aliphatic heterocycles. The van der Waals surface area contributed by atoms with Gasteiger partial charge in [0.15, 0.2) is 17.0 Å². The molecule has 2 heterocycles. The van der Waals surface area contributed by atoms with E-state index in [0.29, 0.717) is 27.7 Å². The third-order valence-corrected chi connectivity index (χ3v) is 5.21. The summed E-state index contributed by atoms with van der Waals surface area (Å²) in [6.45, 7) is 9.78. The molecule has 0 spiro atoms. The molecule has 1 unspecified atom stereocenters. The van der Waals surface area contributed by atoms with Gasteiger partial charge in [-0.1, -0.05) is 37.6 Å². The van der Waals surface area contributed by atoms with Crippen molar-refractivity contribution in [2.24, 2.45) is 0 Å². The van der Waals surface area contributed by atoms with Gasteiger partial charge in [-0.3, -0.25) is 0 Å². The molecule has 3 aromatic rings. The number of nitrogens with zero attached hydrogens (tertiary/aromatic N) is 5. The first-order chi connectivity index (χ1) is 14.0. The molecule has 154 valence electrons. The number of nitrogens with two attached hydrogens (primary N) is 1. The van der Waals surface area contributed by atoms with Crippen molar-refractivity contribution in [1.82, 2.24) is 24.8 Å². The Morgan fingerprint density at radius 1 is 1.10 bits per heavy atom. The quantitative estimate of drug-likeness (QED) is 0.541. The highest BCUT2D eigenvalue weighted by atomic mass is 35.5. The summed E-state index contributed by atoms with van der Waals surface area (Å²) in [5.74, 6) is 0.802. The first kappa shape index (κ1) is 21.2. The van der Waals surface area contributed by atoms with Crippen LogP contribution in [0, 0.1) is 0 Å². The Kier molecular flexibility index (Phi) is 7.17. The van der Waals surface area contributed by atoms with Crippen LogP contribution in [0.1, 0.15) is 33.6 Å². The van der Waals surface area contributed by atoms with Crippen LogP contribution in [0.25, 0.3) is 22.4 Å². The van der Waals surface area contributed by atoms with Crippen molar-refractivity contribution < 1.29 is 0 Å². The Balaban J connectivity index is 1.77. The summed E-state index contributed by atoms with van der Waals surface area (Å²) in [5, 5.41) is 4.11. The van der Waals surface area contributed by atoms with Gasteiger partial charge in [0.05, 0.1) is 11.9 Å². The Morgan fingerprint density at radius 3 is 2.52 bits per heavy atom. The molecule has 0 aliphatic carbocycles. The summed E-state index contributed by atoms with van der Waals surface area (Å²) in [7, 11) is 0. The van der Waals surface area contributed by atoms with Crippen molar-refractivity contribution in [2.45, 2.75) is 39.7 Å². The van der Waals surface area contributed by atoms with Gasteiger partial charge < -0.3 is 16.0 Å². The van der Waals surface area contributed by atoms with Crippen LogP contribution in [0.5, 0.6) is 0 Å². The largest absolute Gasteiger partial charge is 0.368 e. The van der Waals surface area contributed by atoms with E-state index in [1.807, 2.05) is 24.3 Å². The Labute approximate surface area is 176 Å². The van der Waals surface area contributed by atoms with E-state index in [9.17, 15) is 0 Å². The minimum Gasteiger partial charge on any atom is -0.368 e. The Bertz CT molecular complexity index is 942. The van der Waals surface area contributed by atoms with E-state index in [1.165, 1.54) is 0 Å². The van der Waals surface area contributed by atoms with Crippen molar-refractivity contribution in [1.29, 1.82) is 0 Å². The third kappa shape index (κ3) is 5.52. The van der Waals surface area contributed by atoms with Crippen LogP contribution in [0.2, 0.25) is 5.02 Å². The molecule has 2 aromatic heterocycles. The van der Waals surface area contributed by atoms with Crippen molar-refractivity contribution in [3.05, 3.63) is 35.5 Å². The van der Waals surface area contributed by atoms with Gasteiger partial charge in [0, 0.05) is 16.6 Å². The van der Waals surface area contributed by atoms with Gasteiger partial charge in [0.2, 0.25) is 5.95 Å². The van der Waals surface area contributed by atoms with Gasteiger partial charge in [-0.2, -0.15) is 9.97 Å². The summed E-state index contributed by atoms with van der Waals surface area (Å²) in [6.07, 6.45) is 3.86. The lowest BCUT2D eigenvalue weighted by Gasteiger charge is -2.20. The SMILES string of the molecule is CCN(CC)CCCC(C)Nc1nc(N)nc2nc(-c3ccc(Cl)cc3)cnc12. The molecule has 7 nitrogen and oxygen atoms in total. The average molecular weight is 414 g/mol. The molecule has 0 amide bonds. The third-order valence-electron chi connectivity index (χ3n) is 4.95. The van der Waals surface area contributed by atoms with E-state index >= 15 is 0 Å². The molecule has 0 saturated heterocycles. The summed E-state index contributed by atoms with van der Waals surface area (Å²) < 4.78 is 0. The fourth-order valence-corrected chi connectivity index (χ4v) is 3.38. The van der Waals surface area contributed by atoms with E-state index < -0.39 is 0 Å². The van der Waals surface area contributed by atoms with Gasteiger partial charge >= 0.3 is 0 Å². The zero-order chi connectivity index (χ0) is 20.8. The first-order valence-electron chi connectivity index (χ1n) is 10.0. The lowest BCUT2D eigenvalue weighted by atomic mass is 10.1. The average Bonchev–Trinajstić information content (AvgIpc) is 2.71. The molecule has 1 aromatic carbocycles. The maximum Gasteiger partial charge on any atom is 0.224 e. The minimum absolute atomic E-state index is 0.179. The molecule has 0 radical (unpaired) electrons. The lowest BCUT2D eigenvalue weighted by molar-refractivity contribution is 0.295. The minimum atomic E-state index is 0.179. The van der Waals surface area contributed by atoms with Crippen LogP contribution >= 0.6 is 11.6 Å². The van der Waals surface area contributed by atoms with E-state index in [-0.39, 0.29) is 12.0 Å². The number of nitrogen functional groups attached to an aromatic ring is 1. The topological polar surface area (TPSA) is 92.8 Å². The second kappa shape index (κ2) is 9.80. The van der Waals surface area contributed by atoms with Crippen molar-refractivity contribution in [2.75, 3.05) is 30.7 Å². The molecule has 0 bridgehead atoms. The number of rotatable bonds is 9. The van der Waals surface area contributed by atoms with Crippen LogP contribution in [-0.4, -0.2) is 50.5 Å². The van der Waals surface area contributed by atoms with Crippen LogP contribution in [0.3, 0.4) is 0 Å². The molecule has 0 saturated carbocycles. The van der Waals surface area contributed by atoms with Gasteiger partial charge in [-0.05, 0) is 51.5 Å². The number of nitrogens with one attached hydrogen (secondary N) is 1. The second-order valence-corrected chi connectivity index (χ2v) is 7.52. The summed E-state index contributed by atoms with van der Waals surface area (Å²) in [4.78, 5) is 20.2. The second-order valence-electron chi connectivity index (χ2n) is 7.08. The normalized spacial score (nSPS) is 12.4. The molecule has 3 N–H and O–H groups in total. The highest BCUT2D eigenvalue weighted by molar-refractivity contribution is 6.30. The van der Waals surface area contributed by atoms with Crippen LogP contribution in [0.4, 0.5) is 11.8 Å². The molecule has 3 rings (SSSR count). The lowest BCUT2D eigenvalue weighted by Crippen LogP contribution is -2.26. The summed E-state index contributed by atoms with van der Waals surface area (Å²) in [5.41, 5.74) is 8.65. The van der Waals surface area contributed by atoms with Crippen molar-refractivity contribution >= 4 is 34.5 Å². The Morgan fingerprint density at radius 2 is 1.83 bits per heavy atom. The van der Waals surface area contributed by atoms with E-state index in [0.717, 1.165) is 38.0 Å². The van der Waals surface area contributed by atoms with Gasteiger partial charge in [0.25, 0.3) is 0 Å². The molecule has 8 heteroatoms. The van der Waals surface area contributed by atoms with Crippen LogP contribution < -0.4 is 11.1 Å². The van der Waals surface area contributed by atoms with Crippen LogP contribution in [-0.2, 0) is 0 Å². The zero-order valence-electron chi connectivity index (χ0n) is 17.2. The summed E-state index contributed by atoms with van der Waals surface area (Å²) in [6, 6.07) is 7.69. The zero-order valence-corrected chi connectivity index (χ0v) is 17.9. The smallest absolute Gasteiger partial charge is 0.224 e. The van der Waals surface area contributed by atoms with Gasteiger partial charge in [-0.15, -0.1) is 0 Å². The standard InChI is InChI=1S/C21H28ClN7/c1-4-29(5-2)12-6-7-14(3)25-19-18-20(28-21(23)27-19)26-17(13-24-18)15-8-10-16(22)11-9-15/h8-11,13-14H,4-7,12H2,1-3H3,(H3,23,25,26,27,28). The molecular weight excluding hydrogens is 386 g/mol. The van der Waals surface area contributed by atoms with Gasteiger partial charge in [0.1, 0.15) is 0 Å². The molecule has 0 fully saturated rings. The number of hydrogen-bond acceptors (Lipinski definition) is 7. The van der Waals surface area contributed by atoms with Crippen LogP contribution in [0.15, 0.2) is 30.5 Å². The maximum atomic E-state index is 5.97. The highest BCUT2D eigenvalue weighted by Crippen LogP contribution is 2.24. The van der Waals surface area contributed by atoms with E-state index in [2.05, 4.69) is 50.9 Å². The number of aromatic nitrogens is 4. The maximum absolute atomic E-state index is 5.97. The summed E-state index contributed by atoms with van der Waals surface area (Å²) >= 11 is 5.97. The fraction of sp³-hybridized carbons (Fsp3) is 0.429. The number of hydrogen-bond donors (Lipinski definition) is 2. The predicted octanol–water partition coefficient (Wildman–Crippen LogP) is 4.24. The highest BCUT2D eigenvalue weighted by Gasteiger charge is 2.13. The van der Waals surface area contributed by atoms with E-state index in [4.69, 9.17) is 17.3 Å². The number of benzene rings is 1.